The van der Waals surface area contributed by atoms with Gasteiger partial charge in [-0.2, -0.15) is 0 Å². The Kier molecular flexibility index (Phi) is 4.38. The van der Waals surface area contributed by atoms with Crippen LogP contribution in [0.15, 0.2) is 12.2 Å². The molecule has 110 valence electrons. The van der Waals surface area contributed by atoms with Crippen molar-refractivity contribution in [3.8, 4) is 0 Å². The lowest BCUT2D eigenvalue weighted by molar-refractivity contribution is -0.214. The van der Waals surface area contributed by atoms with Crippen LogP contribution in [0.25, 0.3) is 0 Å². The van der Waals surface area contributed by atoms with Crippen molar-refractivity contribution >= 4 is 0 Å². The summed E-state index contributed by atoms with van der Waals surface area (Å²) in [5.74, 6) is 0.478. The van der Waals surface area contributed by atoms with Crippen molar-refractivity contribution in [1.82, 2.24) is 0 Å². The Labute approximate surface area is 117 Å². The van der Waals surface area contributed by atoms with Crippen LogP contribution in [0.1, 0.15) is 52.4 Å². The Balaban J connectivity index is 2.28. The lowest BCUT2D eigenvalue weighted by Crippen LogP contribution is -2.58. The monoisotopic (exact) mass is 268 g/mol. The first-order valence-electron chi connectivity index (χ1n) is 7.41. The van der Waals surface area contributed by atoms with Crippen LogP contribution < -0.4 is 0 Å². The van der Waals surface area contributed by atoms with Crippen molar-refractivity contribution in [2.45, 2.75) is 64.1 Å². The van der Waals surface area contributed by atoms with Crippen LogP contribution in [-0.4, -0.2) is 30.7 Å². The number of hydrogen-bond donors (Lipinski definition) is 1. The van der Waals surface area contributed by atoms with E-state index in [9.17, 15) is 5.11 Å². The molecule has 0 radical (unpaired) electrons. The minimum absolute atomic E-state index is 0.0760. The van der Waals surface area contributed by atoms with E-state index in [0.717, 1.165) is 38.5 Å². The molecular weight excluding hydrogens is 240 g/mol. The zero-order chi connectivity index (χ0) is 14.1. The molecule has 2 saturated carbocycles. The second-order valence-corrected chi connectivity index (χ2v) is 6.84. The second kappa shape index (κ2) is 5.55. The maximum Gasteiger partial charge on any atom is 0.146 e. The molecule has 3 unspecified atom stereocenters. The van der Waals surface area contributed by atoms with Crippen LogP contribution in [0.3, 0.4) is 0 Å². The van der Waals surface area contributed by atoms with Crippen LogP contribution in [0.2, 0.25) is 0 Å². The summed E-state index contributed by atoms with van der Waals surface area (Å²) in [6.07, 6.45) is 5.79. The van der Waals surface area contributed by atoms with Gasteiger partial charge in [-0.15, -0.1) is 0 Å². The number of ether oxygens (including phenoxy) is 2. The van der Waals surface area contributed by atoms with Crippen LogP contribution in [0.4, 0.5) is 0 Å². The normalized spacial score (nSPS) is 43.7. The van der Waals surface area contributed by atoms with Gasteiger partial charge in [0.1, 0.15) is 6.79 Å². The maximum absolute atomic E-state index is 11.3. The van der Waals surface area contributed by atoms with Gasteiger partial charge in [0.05, 0.1) is 11.7 Å². The lowest BCUT2D eigenvalue weighted by Gasteiger charge is -2.54. The SMILES string of the molecule is C=C1CCC[C@@]2(C)C(OCOC)CC(C)CC2(O)C1. The van der Waals surface area contributed by atoms with E-state index >= 15 is 0 Å². The van der Waals surface area contributed by atoms with Crippen molar-refractivity contribution in [2.75, 3.05) is 13.9 Å². The van der Waals surface area contributed by atoms with Gasteiger partial charge in [-0.1, -0.05) is 26.0 Å². The van der Waals surface area contributed by atoms with Crippen molar-refractivity contribution < 1.29 is 14.6 Å². The van der Waals surface area contributed by atoms with Gasteiger partial charge in [-0.3, -0.25) is 0 Å². The van der Waals surface area contributed by atoms with Gasteiger partial charge < -0.3 is 14.6 Å². The van der Waals surface area contributed by atoms with Gasteiger partial charge in [-0.25, -0.2) is 0 Å². The summed E-state index contributed by atoms with van der Waals surface area (Å²) in [6, 6.07) is 0. The molecule has 19 heavy (non-hydrogen) atoms. The molecule has 2 fully saturated rings. The van der Waals surface area contributed by atoms with E-state index in [0.29, 0.717) is 12.7 Å². The van der Waals surface area contributed by atoms with Crippen LogP contribution >= 0.6 is 0 Å². The molecule has 0 bridgehead atoms. The van der Waals surface area contributed by atoms with Crippen molar-refractivity contribution in [2.24, 2.45) is 11.3 Å². The summed E-state index contributed by atoms with van der Waals surface area (Å²) in [7, 11) is 1.65. The molecule has 1 N–H and O–H groups in total. The average Bonchev–Trinajstić information content (AvgIpc) is 2.42. The zero-order valence-electron chi connectivity index (χ0n) is 12.6. The standard InChI is InChI=1S/C16H28O3/c1-12-6-5-7-15(3)14(19-11-18-4)8-13(2)10-16(15,17)9-12/h13-14,17H,1,5-11H2,2-4H3/t13?,14?,15-,16?/m0/s1. The first-order chi connectivity index (χ1) is 8.91. The molecule has 2 aliphatic carbocycles. The molecule has 0 spiro atoms. The molecule has 0 aromatic carbocycles. The predicted molar refractivity (Wildman–Crippen MR) is 75.8 cm³/mol. The number of aliphatic hydroxyl groups is 1. The summed E-state index contributed by atoms with van der Waals surface area (Å²) >= 11 is 0. The number of methoxy groups -OCH3 is 1. The third-order valence-electron chi connectivity index (χ3n) is 5.23. The van der Waals surface area contributed by atoms with Gasteiger partial charge in [0.25, 0.3) is 0 Å². The molecule has 0 aliphatic heterocycles. The van der Waals surface area contributed by atoms with E-state index in [-0.39, 0.29) is 11.5 Å². The molecule has 0 aromatic heterocycles. The Hall–Kier alpha value is -0.380. The van der Waals surface area contributed by atoms with Gasteiger partial charge in [0.2, 0.25) is 0 Å². The molecule has 2 rings (SSSR count). The molecule has 0 amide bonds. The van der Waals surface area contributed by atoms with Crippen LogP contribution in [-0.2, 0) is 9.47 Å². The Bertz CT molecular complexity index is 341. The van der Waals surface area contributed by atoms with E-state index in [2.05, 4.69) is 20.4 Å². The Morgan fingerprint density at radius 2 is 2.21 bits per heavy atom. The largest absolute Gasteiger partial charge is 0.389 e. The average molecular weight is 268 g/mol. The summed E-state index contributed by atoms with van der Waals surface area (Å²) in [5.41, 5.74) is 0.333. The third-order valence-corrected chi connectivity index (χ3v) is 5.23. The van der Waals surface area contributed by atoms with E-state index < -0.39 is 5.60 Å². The highest BCUT2D eigenvalue weighted by molar-refractivity contribution is 5.14. The van der Waals surface area contributed by atoms with Crippen LogP contribution in [0, 0.1) is 11.3 Å². The van der Waals surface area contributed by atoms with Gasteiger partial charge in [0.15, 0.2) is 0 Å². The third kappa shape index (κ3) is 2.74. The predicted octanol–water partition coefficient (Wildman–Crippen LogP) is 3.27. The molecule has 0 heterocycles. The maximum atomic E-state index is 11.3. The van der Waals surface area contributed by atoms with Crippen molar-refractivity contribution in [1.29, 1.82) is 0 Å². The minimum Gasteiger partial charge on any atom is -0.389 e. The molecule has 3 nitrogen and oxygen atoms in total. The number of rotatable bonds is 3. The van der Waals surface area contributed by atoms with E-state index in [4.69, 9.17) is 9.47 Å². The topological polar surface area (TPSA) is 38.7 Å². The first-order valence-corrected chi connectivity index (χ1v) is 7.41. The number of fused-ring (bicyclic) bond motifs is 1. The molecular formula is C16H28O3. The zero-order valence-corrected chi connectivity index (χ0v) is 12.6. The van der Waals surface area contributed by atoms with Crippen molar-refractivity contribution in [3.63, 3.8) is 0 Å². The molecule has 0 aromatic rings. The molecule has 4 atom stereocenters. The van der Waals surface area contributed by atoms with Crippen molar-refractivity contribution in [3.05, 3.63) is 12.2 Å². The van der Waals surface area contributed by atoms with E-state index in [1.807, 2.05) is 0 Å². The van der Waals surface area contributed by atoms with Gasteiger partial charge in [-0.05, 0) is 44.4 Å². The summed E-state index contributed by atoms with van der Waals surface area (Å²) in [5, 5.41) is 11.3. The summed E-state index contributed by atoms with van der Waals surface area (Å²) in [4.78, 5) is 0. The molecule has 3 heteroatoms. The Morgan fingerprint density at radius 3 is 2.89 bits per heavy atom. The van der Waals surface area contributed by atoms with Gasteiger partial charge in [0, 0.05) is 12.5 Å². The highest BCUT2D eigenvalue weighted by atomic mass is 16.7. The first kappa shape index (κ1) is 15.0. The van der Waals surface area contributed by atoms with E-state index in [1.165, 1.54) is 5.57 Å². The fourth-order valence-corrected chi connectivity index (χ4v) is 4.10. The quantitative estimate of drug-likeness (QED) is 0.630. The van der Waals surface area contributed by atoms with E-state index in [1.54, 1.807) is 7.11 Å². The lowest BCUT2D eigenvalue weighted by atomic mass is 9.57. The summed E-state index contributed by atoms with van der Waals surface area (Å²) in [6.45, 7) is 8.83. The molecule has 0 saturated heterocycles. The van der Waals surface area contributed by atoms with Gasteiger partial charge >= 0.3 is 0 Å². The molecule has 2 aliphatic rings. The highest BCUT2D eigenvalue weighted by Crippen LogP contribution is 2.54. The smallest absolute Gasteiger partial charge is 0.146 e. The fraction of sp³-hybridized carbons (Fsp3) is 0.875. The fourth-order valence-electron chi connectivity index (χ4n) is 4.10. The second-order valence-electron chi connectivity index (χ2n) is 6.84. The number of hydrogen-bond acceptors (Lipinski definition) is 3. The minimum atomic E-state index is -0.670. The van der Waals surface area contributed by atoms with Crippen LogP contribution in [0.5, 0.6) is 0 Å². The summed E-state index contributed by atoms with van der Waals surface area (Å²) < 4.78 is 11.0. The highest BCUT2D eigenvalue weighted by Gasteiger charge is 2.56. The Morgan fingerprint density at radius 1 is 1.47 bits per heavy atom.